The van der Waals surface area contributed by atoms with Crippen LogP contribution in [0.5, 0.6) is 0 Å². The second-order valence-corrected chi connectivity index (χ2v) is 5.88. The van der Waals surface area contributed by atoms with Crippen LogP contribution in [0.2, 0.25) is 0 Å². The highest BCUT2D eigenvalue weighted by molar-refractivity contribution is 7.49. The molecule has 0 bridgehead atoms. The fraction of sp³-hybridized carbons (Fsp3) is 0. The minimum Gasteiger partial charge on any atom is -0.135 e. The van der Waals surface area contributed by atoms with Gasteiger partial charge in [0, 0.05) is 21.9 Å². The summed E-state index contributed by atoms with van der Waals surface area (Å²) < 4.78 is 0.997. The number of hydrogen-bond donors (Lipinski definition) is 0. The molecule has 0 fully saturated rings. The molecule has 92 valence electrons. The largest absolute Gasteiger partial charge is 0.224 e. The highest BCUT2D eigenvalue weighted by Crippen LogP contribution is 2.32. The summed E-state index contributed by atoms with van der Waals surface area (Å²) in [5.41, 5.74) is 2.47. The number of rotatable bonds is 2. The Morgan fingerprint density at radius 2 is 1.05 bits per heavy atom. The van der Waals surface area contributed by atoms with Gasteiger partial charge in [0.2, 0.25) is 4.51 Å². The molecule has 0 N–H and O–H groups in total. The molecular formula is C17H13S2+. The molecule has 0 spiro atoms. The summed E-state index contributed by atoms with van der Waals surface area (Å²) in [6.45, 7) is 0. The average molecular weight is 281 g/mol. The average Bonchev–Trinajstić information content (AvgIpc) is 2.48. The second-order valence-electron chi connectivity index (χ2n) is 4.28. The van der Waals surface area contributed by atoms with E-state index in [2.05, 4.69) is 72.9 Å². The third-order valence-corrected chi connectivity index (χ3v) is 4.30. The van der Waals surface area contributed by atoms with Gasteiger partial charge in [0.25, 0.3) is 0 Å². The molecule has 0 saturated carbocycles. The molecule has 3 aromatic rings. The van der Waals surface area contributed by atoms with Crippen molar-refractivity contribution in [1.82, 2.24) is 0 Å². The molecule has 1 heterocycles. The van der Waals surface area contributed by atoms with Gasteiger partial charge in [-0.2, -0.15) is 0 Å². The molecular weight excluding hydrogens is 268 g/mol. The van der Waals surface area contributed by atoms with Gasteiger partial charge in [-0.15, -0.1) is 11.3 Å². The second kappa shape index (κ2) is 5.47. The minimum atomic E-state index is 0.997. The summed E-state index contributed by atoms with van der Waals surface area (Å²) in [5.74, 6) is 0. The molecule has 2 heteroatoms. The van der Waals surface area contributed by atoms with Crippen LogP contribution in [0, 0.1) is 4.51 Å². The van der Waals surface area contributed by atoms with E-state index in [0.717, 1.165) is 4.51 Å². The molecule has 2 aromatic carbocycles. The van der Waals surface area contributed by atoms with Crippen molar-refractivity contribution in [2.45, 2.75) is 0 Å². The van der Waals surface area contributed by atoms with Crippen LogP contribution in [0.25, 0.3) is 20.9 Å². The Morgan fingerprint density at radius 3 is 1.47 bits per heavy atom. The normalized spacial score (nSPS) is 10.3. The Bertz CT molecular complexity index is 667. The Morgan fingerprint density at radius 1 is 0.632 bits per heavy atom. The van der Waals surface area contributed by atoms with Gasteiger partial charge in [-0.3, -0.25) is 0 Å². The first kappa shape index (κ1) is 12.3. The predicted octanol–water partition coefficient (Wildman–Crippen LogP) is 4.89. The quantitative estimate of drug-likeness (QED) is 0.356. The van der Waals surface area contributed by atoms with Crippen LogP contribution in [0.15, 0.2) is 72.8 Å². The highest BCUT2D eigenvalue weighted by Gasteiger charge is 2.05. The Hall–Kier alpha value is -1.77. The van der Waals surface area contributed by atoms with E-state index in [1.807, 2.05) is 12.1 Å². The summed E-state index contributed by atoms with van der Waals surface area (Å²) in [5, 5.41) is 0. The van der Waals surface area contributed by atoms with Crippen molar-refractivity contribution in [1.29, 1.82) is 0 Å². The first-order chi connectivity index (χ1) is 9.33. The number of benzene rings is 2. The monoisotopic (exact) mass is 281 g/mol. The van der Waals surface area contributed by atoms with Gasteiger partial charge in [-0.1, -0.05) is 60.7 Å². The third kappa shape index (κ3) is 2.80. The van der Waals surface area contributed by atoms with Crippen molar-refractivity contribution >= 4 is 23.6 Å². The summed E-state index contributed by atoms with van der Waals surface area (Å²) in [7, 11) is 0. The van der Waals surface area contributed by atoms with Crippen LogP contribution in [-0.2, 0) is 12.2 Å². The van der Waals surface area contributed by atoms with Gasteiger partial charge < -0.3 is 0 Å². The maximum Gasteiger partial charge on any atom is 0.224 e. The number of thiol groups is 1. The Balaban J connectivity index is 2.15. The first-order valence-electron chi connectivity index (χ1n) is 6.11. The molecule has 0 nitrogen and oxygen atoms in total. The van der Waals surface area contributed by atoms with Crippen molar-refractivity contribution in [3.8, 4) is 20.9 Å². The van der Waals surface area contributed by atoms with Crippen LogP contribution in [0.4, 0.5) is 0 Å². The molecule has 0 radical (unpaired) electrons. The molecule has 3 rings (SSSR count). The van der Waals surface area contributed by atoms with E-state index in [4.69, 9.17) is 0 Å². The lowest BCUT2D eigenvalue weighted by Crippen LogP contribution is -1.78. The molecule has 0 aliphatic heterocycles. The number of hydrogen-bond acceptors (Lipinski definition) is 1. The highest BCUT2D eigenvalue weighted by atomic mass is 32.1. The zero-order chi connectivity index (χ0) is 13.1. The summed E-state index contributed by atoms with van der Waals surface area (Å²) >= 11 is 6.32. The van der Waals surface area contributed by atoms with Crippen molar-refractivity contribution in [2.75, 3.05) is 0 Å². The lowest BCUT2D eigenvalue weighted by molar-refractivity contribution is 1.66. The summed E-state index contributed by atoms with van der Waals surface area (Å²) in [6.07, 6.45) is 0. The molecule has 0 atom stereocenters. The smallest absolute Gasteiger partial charge is 0.135 e. The maximum absolute atomic E-state index is 4.53. The van der Waals surface area contributed by atoms with Crippen molar-refractivity contribution in [3.05, 3.63) is 77.3 Å². The van der Waals surface area contributed by atoms with Gasteiger partial charge in [-0.05, 0) is 11.1 Å². The van der Waals surface area contributed by atoms with Crippen LogP contribution in [0.3, 0.4) is 0 Å². The maximum atomic E-state index is 4.53. The van der Waals surface area contributed by atoms with Crippen LogP contribution in [-0.4, -0.2) is 0 Å². The molecule has 0 aliphatic carbocycles. The van der Waals surface area contributed by atoms with Crippen LogP contribution in [0.1, 0.15) is 0 Å². The van der Waals surface area contributed by atoms with Gasteiger partial charge >= 0.3 is 0 Å². The van der Waals surface area contributed by atoms with Gasteiger partial charge in [0.1, 0.15) is 0 Å². The fourth-order valence-corrected chi connectivity index (χ4v) is 3.53. The lowest BCUT2D eigenvalue weighted by Gasteiger charge is -2.03. The molecule has 0 aliphatic rings. The SMILES string of the molecule is [SH+]=c1cc(-c2ccccc2)sc(-c2ccccc2)c1. The Kier molecular flexibility index (Phi) is 3.53. The van der Waals surface area contributed by atoms with E-state index in [1.54, 1.807) is 11.3 Å². The predicted molar refractivity (Wildman–Crippen MR) is 87.2 cm³/mol. The van der Waals surface area contributed by atoms with E-state index < -0.39 is 0 Å². The Labute approximate surface area is 122 Å². The fourth-order valence-electron chi connectivity index (χ4n) is 1.98. The van der Waals surface area contributed by atoms with Gasteiger partial charge in [0.05, 0.1) is 0 Å². The van der Waals surface area contributed by atoms with Crippen molar-refractivity contribution < 1.29 is 0 Å². The zero-order valence-electron chi connectivity index (χ0n) is 10.3. The molecule has 0 saturated heterocycles. The molecule has 1 aromatic heterocycles. The van der Waals surface area contributed by atoms with E-state index in [0.29, 0.717) is 0 Å². The minimum absolute atomic E-state index is 0.997. The van der Waals surface area contributed by atoms with E-state index in [9.17, 15) is 0 Å². The van der Waals surface area contributed by atoms with Gasteiger partial charge in [0.15, 0.2) is 12.2 Å². The standard InChI is InChI=1S/C17H12S2/c18-15-11-16(13-7-3-1-4-8-13)19-17(12-15)14-9-5-2-6-10-14/h1-12H/p+1. The topological polar surface area (TPSA) is 0 Å². The summed E-state index contributed by atoms with van der Waals surface area (Å²) in [6, 6.07) is 25.1. The van der Waals surface area contributed by atoms with Crippen molar-refractivity contribution in [3.63, 3.8) is 0 Å². The van der Waals surface area contributed by atoms with E-state index >= 15 is 0 Å². The van der Waals surface area contributed by atoms with E-state index in [1.165, 1.54) is 20.9 Å². The van der Waals surface area contributed by atoms with Crippen molar-refractivity contribution in [2.24, 2.45) is 0 Å². The van der Waals surface area contributed by atoms with Gasteiger partial charge in [-0.25, -0.2) is 0 Å². The van der Waals surface area contributed by atoms with Crippen LogP contribution >= 0.6 is 11.3 Å². The third-order valence-electron chi connectivity index (χ3n) is 2.89. The first-order valence-corrected chi connectivity index (χ1v) is 7.37. The summed E-state index contributed by atoms with van der Waals surface area (Å²) in [4.78, 5) is 2.49. The molecule has 19 heavy (non-hydrogen) atoms. The molecule has 0 unspecified atom stereocenters. The van der Waals surface area contributed by atoms with E-state index in [-0.39, 0.29) is 0 Å². The van der Waals surface area contributed by atoms with Crippen LogP contribution < -0.4 is 0 Å². The lowest BCUT2D eigenvalue weighted by atomic mass is 10.1. The zero-order valence-corrected chi connectivity index (χ0v) is 12.0. The molecule has 0 amide bonds.